The van der Waals surface area contributed by atoms with Gasteiger partial charge in [0.1, 0.15) is 0 Å². The Balaban J connectivity index is 2.22. The van der Waals surface area contributed by atoms with E-state index in [9.17, 15) is 4.79 Å². The van der Waals surface area contributed by atoms with E-state index < -0.39 is 0 Å². The molecule has 0 bridgehead atoms. The Kier molecular flexibility index (Phi) is 4.31. The van der Waals surface area contributed by atoms with E-state index in [1.165, 1.54) is 0 Å². The van der Waals surface area contributed by atoms with Crippen LogP contribution < -0.4 is 5.69 Å². The number of aryl methyl sites for hydroxylation is 1. The first-order valence-corrected chi connectivity index (χ1v) is 8.06. The molecule has 2 heterocycles. The van der Waals surface area contributed by atoms with Crippen LogP contribution in [-0.4, -0.2) is 29.5 Å². The summed E-state index contributed by atoms with van der Waals surface area (Å²) in [6.07, 6.45) is 1.88. The monoisotopic (exact) mass is 363 g/mol. The largest absolute Gasteiger partial charge is 0.379 e. The van der Waals surface area contributed by atoms with Gasteiger partial charge in [0.15, 0.2) is 5.82 Å². The summed E-state index contributed by atoms with van der Waals surface area (Å²) in [4.78, 5) is 19.3. The molecule has 116 valence electrons. The molecule has 22 heavy (non-hydrogen) atoms. The number of aromatic amines is 1. The van der Waals surface area contributed by atoms with Gasteiger partial charge in [-0.25, -0.2) is 9.79 Å². The molecule has 1 fully saturated rings. The summed E-state index contributed by atoms with van der Waals surface area (Å²) >= 11 is 3.50. The molecule has 5 nitrogen and oxygen atoms in total. The molecule has 1 aromatic carbocycles. The fraction of sp³-hybridized carbons (Fsp3) is 0.375. The minimum absolute atomic E-state index is 0.0291. The lowest BCUT2D eigenvalue weighted by molar-refractivity contribution is 0.0586. The van der Waals surface area contributed by atoms with E-state index in [1.807, 2.05) is 25.1 Å². The first kappa shape index (κ1) is 15.2. The molecule has 0 amide bonds. The Bertz CT molecular complexity index is 757. The average molecular weight is 364 g/mol. The number of benzene rings is 1. The fourth-order valence-electron chi connectivity index (χ4n) is 2.93. The van der Waals surface area contributed by atoms with Crippen molar-refractivity contribution in [2.75, 3.05) is 13.2 Å². The smallest absolute Gasteiger partial charge is 0.328 e. The van der Waals surface area contributed by atoms with E-state index in [4.69, 9.17) is 4.74 Å². The zero-order chi connectivity index (χ0) is 15.7. The molecule has 0 spiro atoms. The second-order valence-electron chi connectivity index (χ2n) is 5.49. The van der Waals surface area contributed by atoms with Gasteiger partial charge in [0.05, 0.1) is 18.3 Å². The molecule has 1 aromatic heterocycles. The molecular formula is C16H18BrN3O2. The Hall–Kier alpha value is -1.66. The average Bonchev–Trinajstić information content (AvgIpc) is 2.87. The number of rotatable bonds is 3. The normalized spacial score (nSPS) is 18.4. The summed E-state index contributed by atoms with van der Waals surface area (Å²) in [5.41, 5.74) is 2.68. The Morgan fingerprint density at radius 1 is 1.50 bits per heavy atom. The van der Waals surface area contributed by atoms with Crippen LogP contribution in [0, 0.1) is 6.92 Å². The molecule has 1 saturated heterocycles. The second kappa shape index (κ2) is 6.22. The van der Waals surface area contributed by atoms with E-state index in [-0.39, 0.29) is 11.7 Å². The minimum atomic E-state index is -0.160. The van der Waals surface area contributed by atoms with Gasteiger partial charge in [0.25, 0.3) is 0 Å². The van der Waals surface area contributed by atoms with Gasteiger partial charge in [-0.1, -0.05) is 22.0 Å². The van der Waals surface area contributed by atoms with Crippen LogP contribution in [0.4, 0.5) is 5.82 Å². The Labute approximate surface area is 137 Å². The quantitative estimate of drug-likeness (QED) is 0.846. The molecule has 0 radical (unpaired) electrons. The van der Waals surface area contributed by atoms with E-state index in [0.717, 1.165) is 40.7 Å². The van der Waals surface area contributed by atoms with Crippen LogP contribution >= 0.6 is 15.9 Å². The summed E-state index contributed by atoms with van der Waals surface area (Å²) in [6.45, 7) is 6.92. The van der Waals surface area contributed by atoms with Crippen molar-refractivity contribution in [3.05, 3.63) is 38.7 Å². The van der Waals surface area contributed by atoms with Crippen molar-refractivity contribution < 1.29 is 4.74 Å². The number of hydrogen-bond acceptors (Lipinski definition) is 3. The zero-order valence-electron chi connectivity index (χ0n) is 12.4. The summed E-state index contributed by atoms with van der Waals surface area (Å²) in [5, 5.41) is 0. The van der Waals surface area contributed by atoms with Crippen LogP contribution in [0.3, 0.4) is 0 Å². The number of aromatic nitrogens is 2. The van der Waals surface area contributed by atoms with E-state index in [1.54, 1.807) is 4.57 Å². The van der Waals surface area contributed by atoms with Crippen molar-refractivity contribution in [2.24, 2.45) is 4.99 Å². The maximum Gasteiger partial charge on any atom is 0.328 e. The number of nitrogens with zero attached hydrogens (tertiary/aromatic N) is 2. The number of halogens is 1. The molecule has 0 aliphatic carbocycles. The number of nitrogens with one attached hydrogen (secondary N) is 1. The number of hydrogen-bond donors (Lipinski definition) is 1. The standard InChI is InChI=1S/C16H18BrN3O2/c1-10-5-6-11(17)8-13(10)14-15(18-2)19-16(21)20(14)12-4-3-7-22-9-12/h5-6,8,12H,2-4,7,9H2,1H3,(H,19,21). The molecule has 6 heteroatoms. The predicted molar refractivity (Wildman–Crippen MR) is 91.2 cm³/mol. The molecule has 0 saturated carbocycles. The first-order valence-electron chi connectivity index (χ1n) is 7.27. The van der Waals surface area contributed by atoms with E-state index >= 15 is 0 Å². The van der Waals surface area contributed by atoms with Crippen molar-refractivity contribution in [3.8, 4) is 11.3 Å². The lowest BCUT2D eigenvalue weighted by Crippen LogP contribution is -2.29. The molecule has 2 aromatic rings. The van der Waals surface area contributed by atoms with Crippen molar-refractivity contribution in [2.45, 2.75) is 25.8 Å². The molecule has 1 atom stereocenters. The van der Waals surface area contributed by atoms with Crippen molar-refractivity contribution in [3.63, 3.8) is 0 Å². The molecular weight excluding hydrogens is 346 g/mol. The highest BCUT2D eigenvalue weighted by atomic mass is 79.9. The lowest BCUT2D eigenvalue weighted by Gasteiger charge is -2.25. The summed E-state index contributed by atoms with van der Waals surface area (Å²) in [6, 6.07) is 6.04. The van der Waals surface area contributed by atoms with Gasteiger partial charge in [0.2, 0.25) is 0 Å². The van der Waals surface area contributed by atoms with Gasteiger partial charge in [-0.3, -0.25) is 9.55 Å². The second-order valence-corrected chi connectivity index (χ2v) is 6.40. The van der Waals surface area contributed by atoms with Gasteiger partial charge in [-0.15, -0.1) is 0 Å². The first-order chi connectivity index (χ1) is 10.6. The zero-order valence-corrected chi connectivity index (χ0v) is 14.0. The van der Waals surface area contributed by atoms with E-state index in [2.05, 4.69) is 32.6 Å². The molecule has 3 rings (SSSR count). The lowest BCUT2D eigenvalue weighted by atomic mass is 10.0. The van der Waals surface area contributed by atoms with Gasteiger partial charge in [-0.2, -0.15) is 0 Å². The van der Waals surface area contributed by atoms with Crippen LogP contribution in [0.15, 0.2) is 32.5 Å². The Morgan fingerprint density at radius 3 is 3.00 bits per heavy atom. The molecule has 1 aliphatic heterocycles. The number of aliphatic imine (C=N–C) groups is 1. The SMILES string of the molecule is C=Nc1[nH]c(=O)n(C2CCCOC2)c1-c1cc(Br)ccc1C. The summed E-state index contributed by atoms with van der Waals surface area (Å²) in [5.74, 6) is 0.511. The highest BCUT2D eigenvalue weighted by molar-refractivity contribution is 9.10. The van der Waals surface area contributed by atoms with Crippen molar-refractivity contribution in [1.82, 2.24) is 9.55 Å². The van der Waals surface area contributed by atoms with Crippen LogP contribution in [0.2, 0.25) is 0 Å². The summed E-state index contributed by atoms with van der Waals surface area (Å²) < 4.78 is 8.29. The third-order valence-corrected chi connectivity index (χ3v) is 4.52. The third kappa shape index (κ3) is 2.68. The van der Waals surface area contributed by atoms with Crippen LogP contribution in [0.25, 0.3) is 11.3 Å². The number of imidazole rings is 1. The maximum atomic E-state index is 12.4. The topological polar surface area (TPSA) is 59.4 Å². The van der Waals surface area contributed by atoms with Gasteiger partial charge >= 0.3 is 5.69 Å². The van der Waals surface area contributed by atoms with Crippen molar-refractivity contribution in [1.29, 1.82) is 0 Å². The molecule has 1 N–H and O–H groups in total. The summed E-state index contributed by atoms with van der Waals surface area (Å²) in [7, 11) is 0. The van der Waals surface area contributed by atoms with Crippen LogP contribution in [-0.2, 0) is 4.74 Å². The van der Waals surface area contributed by atoms with Crippen LogP contribution in [0.1, 0.15) is 24.4 Å². The molecule has 1 unspecified atom stereocenters. The maximum absolute atomic E-state index is 12.4. The number of ether oxygens (including phenoxy) is 1. The fourth-order valence-corrected chi connectivity index (χ4v) is 3.29. The third-order valence-electron chi connectivity index (χ3n) is 4.02. The Morgan fingerprint density at radius 2 is 2.32 bits per heavy atom. The van der Waals surface area contributed by atoms with Gasteiger partial charge in [0, 0.05) is 16.6 Å². The van der Waals surface area contributed by atoms with Gasteiger partial charge in [-0.05, 0) is 44.2 Å². The van der Waals surface area contributed by atoms with E-state index in [0.29, 0.717) is 12.4 Å². The molecule has 1 aliphatic rings. The van der Waals surface area contributed by atoms with Crippen LogP contribution in [0.5, 0.6) is 0 Å². The minimum Gasteiger partial charge on any atom is -0.379 e. The van der Waals surface area contributed by atoms with Crippen molar-refractivity contribution >= 4 is 28.5 Å². The predicted octanol–water partition coefficient (Wildman–Crippen LogP) is 3.60. The van der Waals surface area contributed by atoms with Gasteiger partial charge < -0.3 is 4.74 Å². The highest BCUT2D eigenvalue weighted by Gasteiger charge is 2.25. The number of H-pyrrole nitrogens is 1. The highest BCUT2D eigenvalue weighted by Crippen LogP contribution is 2.35.